The molecular weight excluding hydrogens is 226 g/mol. The number of hydrogen-bond donors (Lipinski definition) is 1. The van der Waals surface area contributed by atoms with Gasteiger partial charge in [-0.2, -0.15) is 0 Å². The highest BCUT2D eigenvalue weighted by Crippen LogP contribution is 2.19. The van der Waals surface area contributed by atoms with E-state index in [0.29, 0.717) is 5.56 Å². The average Bonchev–Trinajstić information content (AvgIpc) is 2.40. The second-order valence-electron chi connectivity index (χ2n) is 3.96. The van der Waals surface area contributed by atoms with Crippen molar-refractivity contribution in [2.75, 3.05) is 0 Å². The first-order valence-corrected chi connectivity index (χ1v) is 5.59. The molecule has 0 amide bonds. The first kappa shape index (κ1) is 12.0. The Morgan fingerprint density at radius 3 is 2.61 bits per heavy atom. The smallest absolute Gasteiger partial charge is 0.337 e. The second-order valence-corrected chi connectivity index (χ2v) is 3.96. The van der Waals surface area contributed by atoms with Gasteiger partial charge in [0.05, 0.1) is 5.56 Å². The number of carbonyl (C=O) groups is 1. The van der Waals surface area contributed by atoms with E-state index in [1.807, 2.05) is 43.3 Å². The molecule has 1 aromatic carbocycles. The van der Waals surface area contributed by atoms with Crippen LogP contribution in [-0.2, 0) is 0 Å². The highest BCUT2D eigenvalue weighted by Gasteiger charge is 2.08. The Morgan fingerprint density at radius 2 is 1.94 bits per heavy atom. The molecule has 2 aromatic rings. The molecule has 0 bridgehead atoms. The number of benzene rings is 1. The lowest BCUT2D eigenvalue weighted by Gasteiger charge is -2.04. The number of aromatic nitrogens is 1. The van der Waals surface area contributed by atoms with Gasteiger partial charge in [0.15, 0.2) is 0 Å². The Bertz CT molecular complexity index is 588. The Hall–Kier alpha value is -2.42. The fourth-order valence-electron chi connectivity index (χ4n) is 1.73. The summed E-state index contributed by atoms with van der Waals surface area (Å²) >= 11 is 0. The summed E-state index contributed by atoms with van der Waals surface area (Å²) in [5.41, 5.74) is 2.97. The van der Waals surface area contributed by atoms with Crippen molar-refractivity contribution < 1.29 is 9.90 Å². The van der Waals surface area contributed by atoms with Crippen molar-refractivity contribution >= 4 is 17.6 Å². The zero-order valence-corrected chi connectivity index (χ0v) is 10.00. The van der Waals surface area contributed by atoms with Crippen LogP contribution in [0.3, 0.4) is 0 Å². The molecule has 1 N–H and O–H groups in total. The van der Waals surface area contributed by atoms with Crippen LogP contribution >= 0.6 is 0 Å². The molecule has 3 nitrogen and oxygen atoms in total. The van der Waals surface area contributed by atoms with Crippen LogP contribution in [0.2, 0.25) is 0 Å². The molecule has 0 saturated heterocycles. The average molecular weight is 239 g/mol. The van der Waals surface area contributed by atoms with Crippen molar-refractivity contribution in [3.8, 4) is 0 Å². The predicted octanol–water partition coefficient (Wildman–Crippen LogP) is 3.34. The molecule has 18 heavy (non-hydrogen) atoms. The third-order valence-electron chi connectivity index (χ3n) is 2.69. The lowest BCUT2D eigenvalue weighted by molar-refractivity contribution is 0.0696. The Kier molecular flexibility index (Phi) is 3.53. The van der Waals surface area contributed by atoms with Crippen LogP contribution < -0.4 is 0 Å². The molecule has 0 aliphatic carbocycles. The van der Waals surface area contributed by atoms with Gasteiger partial charge in [-0.15, -0.1) is 0 Å². The van der Waals surface area contributed by atoms with Gasteiger partial charge < -0.3 is 5.11 Å². The fraction of sp³-hybridized carbons (Fsp3) is 0.0667. The number of nitrogens with zero attached hydrogens (tertiary/aromatic N) is 1. The third kappa shape index (κ3) is 2.63. The topological polar surface area (TPSA) is 50.2 Å². The molecule has 0 unspecified atom stereocenters. The lowest BCUT2D eigenvalue weighted by Crippen LogP contribution is -2.00. The van der Waals surface area contributed by atoms with E-state index in [1.54, 1.807) is 12.3 Å². The first-order chi connectivity index (χ1) is 8.68. The molecule has 0 fully saturated rings. The standard InChI is InChI=1S/C15H13NO2/c1-11(12-5-3-2-4-6-12)9-13-7-8-16-10-14(13)15(17)18/h2-10H,1H3,(H,17,18)/b11-9+. The van der Waals surface area contributed by atoms with E-state index in [2.05, 4.69) is 4.98 Å². The van der Waals surface area contributed by atoms with Gasteiger partial charge in [-0.1, -0.05) is 36.4 Å². The summed E-state index contributed by atoms with van der Waals surface area (Å²) in [4.78, 5) is 14.9. The van der Waals surface area contributed by atoms with Gasteiger partial charge >= 0.3 is 5.97 Å². The normalized spacial score (nSPS) is 11.3. The molecule has 2 rings (SSSR count). The predicted molar refractivity (Wildman–Crippen MR) is 71.2 cm³/mol. The van der Waals surface area contributed by atoms with Crippen molar-refractivity contribution in [1.82, 2.24) is 4.98 Å². The molecule has 0 saturated carbocycles. The number of pyridine rings is 1. The van der Waals surface area contributed by atoms with Gasteiger partial charge in [-0.25, -0.2) is 4.79 Å². The van der Waals surface area contributed by atoms with Gasteiger partial charge in [0.1, 0.15) is 0 Å². The number of rotatable bonds is 3. The number of hydrogen-bond acceptors (Lipinski definition) is 2. The van der Waals surface area contributed by atoms with Gasteiger partial charge in [-0.05, 0) is 29.7 Å². The zero-order chi connectivity index (χ0) is 13.0. The first-order valence-electron chi connectivity index (χ1n) is 5.59. The van der Waals surface area contributed by atoms with E-state index in [1.165, 1.54) is 6.20 Å². The van der Waals surface area contributed by atoms with Crippen LogP contribution in [0.4, 0.5) is 0 Å². The Balaban J connectivity index is 2.42. The van der Waals surface area contributed by atoms with E-state index in [9.17, 15) is 4.79 Å². The second kappa shape index (κ2) is 5.27. The molecular formula is C15H13NO2. The number of allylic oxidation sites excluding steroid dienone is 1. The molecule has 1 aromatic heterocycles. The highest BCUT2D eigenvalue weighted by molar-refractivity contribution is 5.94. The molecule has 0 atom stereocenters. The summed E-state index contributed by atoms with van der Waals surface area (Å²) in [6.07, 6.45) is 4.82. The van der Waals surface area contributed by atoms with Crippen molar-refractivity contribution in [1.29, 1.82) is 0 Å². The van der Waals surface area contributed by atoms with Crippen molar-refractivity contribution in [3.63, 3.8) is 0 Å². The third-order valence-corrected chi connectivity index (χ3v) is 2.69. The van der Waals surface area contributed by atoms with Crippen LogP contribution in [0.25, 0.3) is 11.6 Å². The van der Waals surface area contributed by atoms with Crippen LogP contribution in [0.5, 0.6) is 0 Å². The molecule has 90 valence electrons. The Labute approximate surface area is 105 Å². The van der Waals surface area contributed by atoms with Crippen LogP contribution in [0.15, 0.2) is 48.8 Å². The van der Waals surface area contributed by atoms with Crippen LogP contribution in [0.1, 0.15) is 28.4 Å². The monoisotopic (exact) mass is 239 g/mol. The quantitative estimate of drug-likeness (QED) is 0.893. The van der Waals surface area contributed by atoms with Gasteiger partial charge in [0, 0.05) is 12.4 Å². The minimum absolute atomic E-state index is 0.216. The van der Waals surface area contributed by atoms with E-state index >= 15 is 0 Å². The van der Waals surface area contributed by atoms with E-state index < -0.39 is 5.97 Å². The molecule has 0 spiro atoms. The number of carboxylic acids is 1. The lowest BCUT2D eigenvalue weighted by atomic mass is 10.0. The maximum atomic E-state index is 11.1. The van der Waals surface area contributed by atoms with Gasteiger partial charge in [0.2, 0.25) is 0 Å². The molecule has 0 radical (unpaired) electrons. The number of carboxylic acid groups (broad SMARTS) is 1. The van der Waals surface area contributed by atoms with Gasteiger partial charge in [0.25, 0.3) is 0 Å². The van der Waals surface area contributed by atoms with Crippen LogP contribution in [0, 0.1) is 0 Å². The minimum atomic E-state index is -0.963. The van der Waals surface area contributed by atoms with Crippen molar-refractivity contribution in [2.45, 2.75) is 6.92 Å². The summed E-state index contributed by atoms with van der Waals surface area (Å²) < 4.78 is 0. The molecule has 0 aliphatic rings. The zero-order valence-electron chi connectivity index (χ0n) is 10.00. The van der Waals surface area contributed by atoms with Crippen molar-refractivity contribution in [3.05, 3.63) is 65.5 Å². The largest absolute Gasteiger partial charge is 0.478 e. The molecule has 1 heterocycles. The van der Waals surface area contributed by atoms with E-state index in [4.69, 9.17) is 5.11 Å². The molecule has 3 heteroatoms. The van der Waals surface area contributed by atoms with E-state index in [-0.39, 0.29) is 5.56 Å². The van der Waals surface area contributed by atoms with Crippen LogP contribution in [-0.4, -0.2) is 16.1 Å². The summed E-state index contributed by atoms with van der Waals surface area (Å²) in [5, 5.41) is 9.08. The summed E-state index contributed by atoms with van der Waals surface area (Å²) in [7, 11) is 0. The Morgan fingerprint density at radius 1 is 1.22 bits per heavy atom. The summed E-state index contributed by atoms with van der Waals surface area (Å²) in [6.45, 7) is 1.96. The summed E-state index contributed by atoms with van der Waals surface area (Å²) in [5.74, 6) is -0.963. The minimum Gasteiger partial charge on any atom is -0.478 e. The summed E-state index contributed by atoms with van der Waals surface area (Å²) in [6, 6.07) is 11.6. The highest BCUT2D eigenvalue weighted by atomic mass is 16.4. The fourth-order valence-corrected chi connectivity index (χ4v) is 1.73. The number of aromatic carboxylic acids is 1. The van der Waals surface area contributed by atoms with E-state index in [0.717, 1.165) is 11.1 Å². The van der Waals surface area contributed by atoms with Crippen molar-refractivity contribution in [2.24, 2.45) is 0 Å². The maximum absolute atomic E-state index is 11.1. The SMILES string of the molecule is C/C(=C\c1ccncc1C(=O)O)c1ccccc1. The van der Waals surface area contributed by atoms with Gasteiger partial charge in [-0.3, -0.25) is 4.98 Å². The maximum Gasteiger partial charge on any atom is 0.337 e. The molecule has 0 aliphatic heterocycles.